The number of anilines is 1. The van der Waals surface area contributed by atoms with Crippen molar-refractivity contribution in [3.05, 3.63) is 48.5 Å². The lowest BCUT2D eigenvalue weighted by molar-refractivity contribution is 0.102. The highest BCUT2D eigenvalue weighted by Crippen LogP contribution is 2.22. The standard InChI is InChI=1S/C17H16N6O2S/c18-6-2-7-23-10-19-12-9-11(4-5-13(12)23)16(24)21-17-20-15(22-26-17)14-3-1-8-25-14/h1,3-5,8-10H,2,6-7,18H2,(H,20,21,22,24). The molecule has 3 N–H and O–H groups in total. The van der Waals surface area contributed by atoms with Crippen LogP contribution in [0.4, 0.5) is 5.13 Å². The van der Waals surface area contributed by atoms with Crippen molar-refractivity contribution in [3.8, 4) is 11.6 Å². The van der Waals surface area contributed by atoms with Crippen molar-refractivity contribution in [2.75, 3.05) is 11.9 Å². The molecule has 0 bridgehead atoms. The van der Waals surface area contributed by atoms with Crippen molar-refractivity contribution in [2.45, 2.75) is 13.0 Å². The SMILES string of the molecule is NCCCn1cnc2cc(C(=O)Nc3nc(-c4ccco4)ns3)ccc21. The first-order valence-electron chi connectivity index (χ1n) is 8.08. The number of nitrogens with one attached hydrogen (secondary N) is 1. The van der Waals surface area contributed by atoms with Crippen LogP contribution in [0.15, 0.2) is 47.3 Å². The van der Waals surface area contributed by atoms with Crippen LogP contribution >= 0.6 is 11.5 Å². The summed E-state index contributed by atoms with van der Waals surface area (Å²) in [6.45, 7) is 1.43. The Bertz CT molecular complexity index is 1040. The summed E-state index contributed by atoms with van der Waals surface area (Å²) in [5, 5.41) is 3.17. The zero-order chi connectivity index (χ0) is 17.9. The lowest BCUT2D eigenvalue weighted by atomic mass is 10.2. The normalized spacial score (nSPS) is 11.1. The largest absolute Gasteiger partial charge is 0.461 e. The van der Waals surface area contributed by atoms with Crippen LogP contribution in [-0.4, -0.2) is 31.4 Å². The number of nitrogens with zero attached hydrogens (tertiary/aromatic N) is 4. The summed E-state index contributed by atoms with van der Waals surface area (Å²) >= 11 is 1.10. The molecule has 1 aromatic carbocycles. The van der Waals surface area contributed by atoms with Crippen LogP contribution < -0.4 is 11.1 Å². The van der Waals surface area contributed by atoms with Crippen LogP contribution in [0.1, 0.15) is 16.8 Å². The molecular formula is C17H16N6O2S. The number of nitrogens with two attached hydrogens (primary N) is 1. The van der Waals surface area contributed by atoms with Crippen LogP contribution in [0, 0.1) is 0 Å². The molecule has 1 amide bonds. The van der Waals surface area contributed by atoms with Gasteiger partial charge in [-0.1, -0.05) is 0 Å². The van der Waals surface area contributed by atoms with E-state index in [2.05, 4.69) is 19.7 Å². The molecule has 4 aromatic rings. The van der Waals surface area contributed by atoms with Gasteiger partial charge in [-0.25, -0.2) is 4.98 Å². The molecule has 0 saturated carbocycles. The minimum atomic E-state index is -0.259. The summed E-state index contributed by atoms with van der Waals surface area (Å²) < 4.78 is 11.5. The lowest BCUT2D eigenvalue weighted by Crippen LogP contribution is -2.11. The van der Waals surface area contributed by atoms with Gasteiger partial charge >= 0.3 is 0 Å². The maximum atomic E-state index is 12.5. The molecule has 0 atom stereocenters. The number of furan rings is 1. The van der Waals surface area contributed by atoms with Crippen molar-refractivity contribution in [2.24, 2.45) is 5.73 Å². The summed E-state index contributed by atoms with van der Waals surface area (Å²) in [6, 6.07) is 8.95. The second-order valence-corrected chi connectivity index (χ2v) is 6.39. The Morgan fingerprint density at radius 1 is 1.35 bits per heavy atom. The van der Waals surface area contributed by atoms with Crippen LogP contribution in [0.25, 0.3) is 22.6 Å². The smallest absolute Gasteiger partial charge is 0.257 e. The Labute approximate surface area is 152 Å². The number of amides is 1. The van der Waals surface area contributed by atoms with E-state index < -0.39 is 0 Å². The number of carbonyl (C=O) groups excluding carboxylic acids is 1. The topological polar surface area (TPSA) is 112 Å². The van der Waals surface area contributed by atoms with Gasteiger partial charge in [0.25, 0.3) is 5.91 Å². The van der Waals surface area contributed by atoms with Crippen LogP contribution in [0.5, 0.6) is 0 Å². The number of hydrogen-bond acceptors (Lipinski definition) is 7. The molecule has 0 fully saturated rings. The van der Waals surface area contributed by atoms with E-state index in [9.17, 15) is 4.79 Å². The summed E-state index contributed by atoms with van der Waals surface area (Å²) in [7, 11) is 0. The maximum absolute atomic E-state index is 12.5. The number of rotatable bonds is 6. The van der Waals surface area contributed by atoms with E-state index in [1.807, 2.05) is 10.6 Å². The second-order valence-electron chi connectivity index (χ2n) is 5.64. The van der Waals surface area contributed by atoms with Crippen molar-refractivity contribution in [1.82, 2.24) is 18.9 Å². The fourth-order valence-electron chi connectivity index (χ4n) is 2.59. The van der Waals surface area contributed by atoms with Gasteiger partial charge in [0.2, 0.25) is 11.0 Å². The Kier molecular flexibility index (Phi) is 4.46. The molecule has 0 unspecified atom stereocenters. The molecule has 0 aliphatic rings. The molecule has 8 nitrogen and oxygen atoms in total. The second kappa shape index (κ2) is 7.06. The van der Waals surface area contributed by atoms with E-state index in [1.165, 1.54) is 0 Å². The number of aromatic nitrogens is 4. The number of hydrogen-bond donors (Lipinski definition) is 2. The van der Waals surface area contributed by atoms with Gasteiger partial charge in [-0.2, -0.15) is 9.36 Å². The lowest BCUT2D eigenvalue weighted by Gasteiger charge is -2.04. The third kappa shape index (κ3) is 3.22. The van der Waals surface area contributed by atoms with Gasteiger partial charge in [-0.15, -0.1) is 0 Å². The third-order valence-electron chi connectivity index (χ3n) is 3.87. The Balaban J connectivity index is 1.51. The highest BCUT2D eigenvalue weighted by atomic mass is 32.1. The molecule has 3 aromatic heterocycles. The van der Waals surface area contributed by atoms with E-state index in [4.69, 9.17) is 10.2 Å². The molecule has 132 valence electrons. The molecule has 0 aliphatic carbocycles. The maximum Gasteiger partial charge on any atom is 0.257 e. The fraction of sp³-hybridized carbons (Fsp3) is 0.176. The first kappa shape index (κ1) is 16.4. The first-order valence-corrected chi connectivity index (χ1v) is 8.86. The Morgan fingerprint density at radius 3 is 3.08 bits per heavy atom. The predicted octanol–water partition coefficient (Wildman–Crippen LogP) is 2.75. The number of fused-ring (bicyclic) bond motifs is 1. The molecule has 0 aliphatic heterocycles. The fourth-order valence-corrected chi connectivity index (χ4v) is 3.16. The quantitative estimate of drug-likeness (QED) is 0.541. The van der Waals surface area contributed by atoms with Gasteiger partial charge in [-0.3, -0.25) is 10.1 Å². The van der Waals surface area contributed by atoms with E-state index in [1.54, 1.807) is 36.9 Å². The molecule has 3 heterocycles. The average Bonchev–Trinajstić information content (AvgIpc) is 3.39. The van der Waals surface area contributed by atoms with Gasteiger partial charge < -0.3 is 14.7 Å². The van der Waals surface area contributed by atoms with Crippen molar-refractivity contribution < 1.29 is 9.21 Å². The number of carbonyl (C=O) groups is 1. The summed E-state index contributed by atoms with van der Waals surface area (Å²) in [5.74, 6) is 0.751. The van der Waals surface area contributed by atoms with Gasteiger partial charge in [0.05, 0.1) is 23.6 Å². The predicted molar refractivity (Wildman–Crippen MR) is 99.0 cm³/mol. The van der Waals surface area contributed by atoms with Gasteiger partial charge in [0.15, 0.2) is 5.76 Å². The number of imidazole rings is 1. The zero-order valence-electron chi connectivity index (χ0n) is 13.8. The van der Waals surface area contributed by atoms with Crippen molar-refractivity contribution in [1.29, 1.82) is 0 Å². The molecule has 0 saturated heterocycles. The highest BCUT2D eigenvalue weighted by Gasteiger charge is 2.14. The molecule has 4 rings (SSSR count). The van der Waals surface area contributed by atoms with Gasteiger partial charge in [-0.05, 0) is 43.3 Å². The Hall–Kier alpha value is -3.04. The molecule has 0 spiro atoms. The number of aryl methyl sites for hydroxylation is 1. The van der Waals surface area contributed by atoms with Gasteiger partial charge in [0, 0.05) is 23.6 Å². The monoisotopic (exact) mass is 368 g/mol. The molecule has 26 heavy (non-hydrogen) atoms. The molecular weight excluding hydrogens is 352 g/mol. The average molecular weight is 368 g/mol. The van der Waals surface area contributed by atoms with Crippen molar-refractivity contribution in [3.63, 3.8) is 0 Å². The highest BCUT2D eigenvalue weighted by molar-refractivity contribution is 7.10. The van der Waals surface area contributed by atoms with E-state index >= 15 is 0 Å². The van der Waals surface area contributed by atoms with Crippen LogP contribution in [0.2, 0.25) is 0 Å². The van der Waals surface area contributed by atoms with Crippen LogP contribution in [-0.2, 0) is 6.54 Å². The molecule has 0 radical (unpaired) electrons. The summed E-state index contributed by atoms with van der Waals surface area (Å²) in [4.78, 5) is 21.1. The third-order valence-corrected chi connectivity index (χ3v) is 4.50. The van der Waals surface area contributed by atoms with E-state index in [0.717, 1.165) is 35.5 Å². The van der Waals surface area contributed by atoms with Crippen LogP contribution in [0.3, 0.4) is 0 Å². The summed E-state index contributed by atoms with van der Waals surface area (Å²) in [6.07, 6.45) is 4.20. The summed E-state index contributed by atoms with van der Waals surface area (Å²) in [5.41, 5.74) is 7.81. The zero-order valence-corrected chi connectivity index (χ0v) is 14.6. The minimum absolute atomic E-state index is 0.259. The molecule has 9 heteroatoms. The van der Waals surface area contributed by atoms with E-state index in [0.29, 0.717) is 28.8 Å². The Morgan fingerprint density at radius 2 is 2.27 bits per heavy atom. The van der Waals surface area contributed by atoms with E-state index in [-0.39, 0.29) is 5.91 Å². The van der Waals surface area contributed by atoms with Gasteiger partial charge in [0.1, 0.15) is 0 Å². The number of benzene rings is 1. The minimum Gasteiger partial charge on any atom is -0.461 e. The first-order chi connectivity index (χ1) is 12.7. The van der Waals surface area contributed by atoms with Crippen molar-refractivity contribution >= 4 is 33.6 Å².